The third-order valence-electron chi connectivity index (χ3n) is 8.93. The Kier molecular flexibility index (Phi) is 7.55. The van der Waals surface area contributed by atoms with Crippen molar-refractivity contribution in [3.8, 4) is 0 Å². The molecule has 4 nitrogen and oxygen atoms in total. The van der Waals surface area contributed by atoms with Gasteiger partial charge in [-0.1, -0.05) is 70.2 Å². The zero-order valence-electron chi connectivity index (χ0n) is 24.0. The second-order valence-corrected chi connectivity index (χ2v) is 12.8. The summed E-state index contributed by atoms with van der Waals surface area (Å²) in [6.07, 6.45) is 5.63. The number of amides is 1. The zero-order valence-corrected chi connectivity index (χ0v) is 24.0. The topological polar surface area (TPSA) is 36.7 Å². The molecule has 1 aromatic heterocycles. The Morgan fingerprint density at radius 3 is 2.26 bits per heavy atom. The Labute approximate surface area is 229 Å². The van der Waals surface area contributed by atoms with Crippen molar-refractivity contribution in [2.45, 2.75) is 84.1 Å². The lowest BCUT2D eigenvalue weighted by Crippen LogP contribution is -2.37. The monoisotopic (exact) mass is 512 g/mol. The van der Waals surface area contributed by atoms with E-state index in [0.29, 0.717) is 25.3 Å². The van der Waals surface area contributed by atoms with Crippen molar-refractivity contribution in [3.63, 3.8) is 0 Å². The first kappa shape index (κ1) is 26.7. The van der Waals surface area contributed by atoms with Crippen molar-refractivity contribution in [2.75, 3.05) is 26.2 Å². The maximum absolute atomic E-state index is 13.6. The molecule has 0 radical (unpaired) electrons. The smallest absolute Gasteiger partial charge is 0.289 e. The SMILES string of the molecule is Cc1cc2c(cc1Cc1ccc(C(=O)N(CCN3CCCC3)Cc3ccccc3)o1)C(C)(C)CCC2(C)C. The Hall–Kier alpha value is -2.85. The Balaban J connectivity index is 1.35. The van der Waals surface area contributed by atoms with Gasteiger partial charge in [0.05, 0.1) is 0 Å². The third-order valence-corrected chi connectivity index (χ3v) is 8.93. The first-order valence-corrected chi connectivity index (χ1v) is 14.4. The number of aryl methyl sites for hydroxylation is 1. The molecular weight excluding hydrogens is 468 g/mol. The predicted molar refractivity (Wildman–Crippen MR) is 155 cm³/mol. The standard InChI is InChI=1S/C34H44N2O2/c1-25-21-29-30(34(4,5)16-15-33(29,2)3)23-27(25)22-28-13-14-31(38-28)32(37)36(20-19-35-17-9-10-18-35)24-26-11-7-6-8-12-26/h6-8,11-14,21,23H,9-10,15-20,22,24H2,1-5H3. The summed E-state index contributed by atoms with van der Waals surface area (Å²) >= 11 is 0. The van der Waals surface area contributed by atoms with Crippen LogP contribution in [0.15, 0.2) is 59.0 Å². The molecule has 0 atom stereocenters. The van der Waals surface area contributed by atoms with E-state index in [1.165, 1.54) is 47.9 Å². The Bertz CT molecular complexity index is 1260. The lowest BCUT2D eigenvalue weighted by atomic mass is 9.62. The number of nitrogens with zero attached hydrogens (tertiary/aromatic N) is 2. The molecule has 202 valence electrons. The highest BCUT2D eigenvalue weighted by atomic mass is 16.4. The van der Waals surface area contributed by atoms with Gasteiger partial charge < -0.3 is 14.2 Å². The molecule has 2 aromatic carbocycles. The lowest BCUT2D eigenvalue weighted by Gasteiger charge is -2.42. The predicted octanol–water partition coefficient (Wildman–Crippen LogP) is 7.27. The largest absolute Gasteiger partial charge is 0.456 e. The van der Waals surface area contributed by atoms with Crippen LogP contribution in [0, 0.1) is 6.92 Å². The third kappa shape index (κ3) is 5.76. The number of carbonyl (C=O) groups is 1. The van der Waals surface area contributed by atoms with Crippen molar-refractivity contribution in [1.29, 1.82) is 0 Å². The lowest BCUT2D eigenvalue weighted by molar-refractivity contribution is 0.0693. The highest BCUT2D eigenvalue weighted by molar-refractivity contribution is 5.91. The number of hydrogen-bond acceptors (Lipinski definition) is 3. The van der Waals surface area contributed by atoms with Crippen molar-refractivity contribution < 1.29 is 9.21 Å². The van der Waals surface area contributed by atoms with E-state index in [-0.39, 0.29) is 16.7 Å². The number of hydrogen-bond donors (Lipinski definition) is 0. The van der Waals surface area contributed by atoms with Crippen molar-refractivity contribution in [1.82, 2.24) is 9.80 Å². The van der Waals surface area contributed by atoms with Crippen molar-refractivity contribution in [3.05, 3.63) is 93.9 Å². The van der Waals surface area contributed by atoms with Crippen molar-refractivity contribution in [2.24, 2.45) is 0 Å². The molecule has 0 unspecified atom stereocenters. The minimum atomic E-state index is -0.0238. The molecule has 2 heterocycles. The first-order chi connectivity index (χ1) is 18.1. The molecule has 1 aliphatic heterocycles. The van der Waals surface area contributed by atoms with Crippen LogP contribution in [0.3, 0.4) is 0 Å². The summed E-state index contributed by atoms with van der Waals surface area (Å²) in [6.45, 7) is 16.2. The quantitative estimate of drug-likeness (QED) is 0.319. The highest BCUT2D eigenvalue weighted by Gasteiger charge is 2.37. The normalized spacial score (nSPS) is 18.3. The minimum absolute atomic E-state index is 0.0238. The number of likely N-dealkylation sites (tertiary alicyclic amines) is 1. The van der Waals surface area contributed by atoms with Gasteiger partial charge in [-0.2, -0.15) is 0 Å². The van der Waals surface area contributed by atoms with E-state index in [0.717, 1.165) is 31.0 Å². The van der Waals surface area contributed by atoms with Gasteiger partial charge in [0.2, 0.25) is 0 Å². The minimum Gasteiger partial charge on any atom is -0.456 e. The van der Waals surface area contributed by atoms with Crippen LogP contribution >= 0.6 is 0 Å². The average Bonchev–Trinajstić information content (AvgIpc) is 3.58. The Morgan fingerprint density at radius 2 is 1.58 bits per heavy atom. The maximum Gasteiger partial charge on any atom is 0.289 e. The van der Waals surface area contributed by atoms with Gasteiger partial charge in [0.25, 0.3) is 5.91 Å². The van der Waals surface area contributed by atoms with E-state index in [1.807, 2.05) is 35.2 Å². The van der Waals surface area contributed by atoms with Crippen LogP contribution < -0.4 is 0 Å². The van der Waals surface area contributed by atoms with Crippen LogP contribution in [0.25, 0.3) is 0 Å². The summed E-state index contributed by atoms with van der Waals surface area (Å²) in [7, 11) is 0. The number of carbonyl (C=O) groups excluding carboxylic acids is 1. The molecular formula is C34H44N2O2. The number of benzene rings is 2. The highest BCUT2D eigenvalue weighted by Crippen LogP contribution is 2.46. The van der Waals surface area contributed by atoms with Gasteiger partial charge in [0.1, 0.15) is 5.76 Å². The molecule has 2 aliphatic rings. The first-order valence-electron chi connectivity index (χ1n) is 14.4. The maximum atomic E-state index is 13.6. The van der Waals surface area contributed by atoms with Gasteiger partial charge in [-0.3, -0.25) is 4.79 Å². The van der Waals surface area contributed by atoms with E-state index in [2.05, 4.69) is 63.8 Å². The number of rotatable bonds is 8. The van der Waals surface area contributed by atoms with Crippen LogP contribution in [0.5, 0.6) is 0 Å². The second-order valence-electron chi connectivity index (χ2n) is 12.8. The van der Waals surface area contributed by atoms with E-state index in [9.17, 15) is 4.79 Å². The van der Waals surface area contributed by atoms with Gasteiger partial charge in [-0.05, 0) is 96.5 Å². The molecule has 0 spiro atoms. The molecule has 3 aromatic rings. The van der Waals surface area contributed by atoms with Gasteiger partial charge in [0.15, 0.2) is 5.76 Å². The van der Waals surface area contributed by atoms with E-state index in [4.69, 9.17) is 4.42 Å². The van der Waals surface area contributed by atoms with E-state index < -0.39 is 0 Å². The molecule has 1 fully saturated rings. The van der Waals surface area contributed by atoms with E-state index in [1.54, 1.807) is 0 Å². The molecule has 1 saturated heterocycles. The van der Waals surface area contributed by atoms with Gasteiger partial charge in [-0.15, -0.1) is 0 Å². The molecule has 5 rings (SSSR count). The van der Waals surface area contributed by atoms with Crippen LogP contribution in [-0.2, 0) is 23.8 Å². The summed E-state index contributed by atoms with van der Waals surface area (Å²) < 4.78 is 6.23. The van der Waals surface area contributed by atoms with Crippen LogP contribution in [0.1, 0.15) is 97.5 Å². The molecule has 0 saturated carbocycles. The molecule has 0 N–H and O–H groups in total. The van der Waals surface area contributed by atoms with Crippen LogP contribution in [0.2, 0.25) is 0 Å². The van der Waals surface area contributed by atoms with Crippen molar-refractivity contribution >= 4 is 5.91 Å². The number of furan rings is 1. The molecule has 4 heteroatoms. The average molecular weight is 513 g/mol. The fourth-order valence-corrected chi connectivity index (χ4v) is 6.21. The molecule has 1 aliphatic carbocycles. The summed E-state index contributed by atoms with van der Waals surface area (Å²) in [5.74, 6) is 1.27. The van der Waals surface area contributed by atoms with E-state index >= 15 is 0 Å². The summed E-state index contributed by atoms with van der Waals surface area (Å²) in [5, 5.41) is 0. The summed E-state index contributed by atoms with van der Waals surface area (Å²) in [4.78, 5) is 18.1. The summed E-state index contributed by atoms with van der Waals surface area (Å²) in [6, 6.07) is 18.9. The molecule has 0 bridgehead atoms. The van der Waals surface area contributed by atoms with Gasteiger partial charge in [0, 0.05) is 26.1 Å². The number of fused-ring (bicyclic) bond motifs is 1. The Morgan fingerprint density at radius 1 is 0.921 bits per heavy atom. The zero-order chi connectivity index (χ0) is 26.9. The molecule has 1 amide bonds. The van der Waals surface area contributed by atoms with Gasteiger partial charge in [-0.25, -0.2) is 0 Å². The second kappa shape index (κ2) is 10.7. The summed E-state index contributed by atoms with van der Waals surface area (Å²) in [5.41, 5.74) is 7.06. The van der Waals surface area contributed by atoms with Crippen LogP contribution in [-0.4, -0.2) is 41.9 Å². The van der Waals surface area contributed by atoms with Crippen LogP contribution in [0.4, 0.5) is 0 Å². The van der Waals surface area contributed by atoms with Gasteiger partial charge >= 0.3 is 0 Å². The molecule has 38 heavy (non-hydrogen) atoms. The fraction of sp³-hybridized carbons (Fsp3) is 0.500. The fourth-order valence-electron chi connectivity index (χ4n) is 6.21.